The molecule has 0 aromatic heterocycles. The van der Waals surface area contributed by atoms with Gasteiger partial charge in [0, 0.05) is 23.7 Å². The fourth-order valence-electron chi connectivity index (χ4n) is 4.58. The van der Waals surface area contributed by atoms with Crippen molar-refractivity contribution in [3.8, 4) is 0 Å². The van der Waals surface area contributed by atoms with Crippen molar-refractivity contribution in [3.63, 3.8) is 0 Å². The van der Waals surface area contributed by atoms with Crippen LogP contribution in [0.3, 0.4) is 0 Å². The molecule has 0 N–H and O–H groups in total. The number of rotatable bonds is 0. The summed E-state index contributed by atoms with van der Waals surface area (Å²) < 4.78 is 0. The normalized spacial score (nSPS) is 34.4. The van der Waals surface area contributed by atoms with E-state index in [0.717, 1.165) is 6.04 Å². The van der Waals surface area contributed by atoms with Crippen molar-refractivity contribution < 1.29 is 0 Å². The zero-order valence-electron chi connectivity index (χ0n) is 10.7. The van der Waals surface area contributed by atoms with Gasteiger partial charge in [-0.1, -0.05) is 31.5 Å². The minimum Gasteiger partial charge on any atom is -0.367 e. The van der Waals surface area contributed by atoms with E-state index in [1.165, 1.54) is 45.1 Å². The number of benzene rings is 1. The highest BCUT2D eigenvalue weighted by atomic mass is 15.2. The molecule has 0 bridgehead atoms. The van der Waals surface area contributed by atoms with Crippen molar-refractivity contribution in [2.24, 2.45) is 0 Å². The lowest BCUT2D eigenvalue weighted by Crippen LogP contribution is -2.39. The molecule has 4 rings (SSSR count). The Morgan fingerprint density at radius 1 is 1.24 bits per heavy atom. The summed E-state index contributed by atoms with van der Waals surface area (Å²) in [5.74, 6) is 0. The molecule has 1 fully saturated rings. The van der Waals surface area contributed by atoms with Crippen LogP contribution in [0.15, 0.2) is 18.2 Å². The number of nitrogens with zero attached hydrogens (tertiary/aromatic N) is 1. The molecule has 0 amide bonds. The van der Waals surface area contributed by atoms with E-state index in [1.54, 1.807) is 16.8 Å². The Balaban J connectivity index is 1.97. The van der Waals surface area contributed by atoms with Crippen molar-refractivity contribution >= 4 is 5.69 Å². The minimum absolute atomic E-state index is 0.461. The highest BCUT2D eigenvalue weighted by Gasteiger charge is 2.50. The summed E-state index contributed by atoms with van der Waals surface area (Å²) in [4.78, 5) is 2.77. The molecule has 0 radical (unpaired) electrons. The molecule has 0 spiro atoms. The Bertz CT molecular complexity index is 465. The number of hydrogen-bond donors (Lipinski definition) is 0. The van der Waals surface area contributed by atoms with Crippen molar-refractivity contribution in [3.05, 3.63) is 29.3 Å². The van der Waals surface area contributed by atoms with Crippen LogP contribution >= 0.6 is 0 Å². The molecule has 1 heteroatoms. The van der Waals surface area contributed by atoms with E-state index in [9.17, 15) is 0 Å². The van der Waals surface area contributed by atoms with Crippen molar-refractivity contribution in [1.82, 2.24) is 0 Å². The standard InChI is InChI=1S/C16H21N/c1-16-10-5-9-14(16)17-11-3-2-6-12-7-4-8-13(16)15(12)17/h4,7-8,14H,2-3,5-6,9-11H2,1H3/t14-,16-/m1/s1. The Kier molecular flexibility index (Phi) is 1.93. The van der Waals surface area contributed by atoms with Gasteiger partial charge in [-0.25, -0.2) is 0 Å². The second-order valence-corrected chi connectivity index (χ2v) is 6.29. The number of hydrogen-bond acceptors (Lipinski definition) is 1. The smallest absolute Gasteiger partial charge is 0.0440 e. The zero-order valence-corrected chi connectivity index (χ0v) is 10.7. The maximum absolute atomic E-state index is 2.77. The van der Waals surface area contributed by atoms with E-state index in [-0.39, 0.29) is 0 Å². The molecule has 2 aliphatic heterocycles. The molecule has 2 heterocycles. The van der Waals surface area contributed by atoms with E-state index in [2.05, 4.69) is 30.0 Å². The average Bonchev–Trinajstić information content (AvgIpc) is 2.72. The van der Waals surface area contributed by atoms with Gasteiger partial charge in [0.1, 0.15) is 0 Å². The van der Waals surface area contributed by atoms with E-state index >= 15 is 0 Å². The van der Waals surface area contributed by atoms with Crippen LogP contribution in [0.2, 0.25) is 0 Å². The first kappa shape index (κ1) is 9.99. The largest absolute Gasteiger partial charge is 0.367 e. The number of anilines is 1. The van der Waals surface area contributed by atoms with E-state index in [4.69, 9.17) is 0 Å². The monoisotopic (exact) mass is 227 g/mol. The van der Waals surface area contributed by atoms with Gasteiger partial charge in [0.05, 0.1) is 0 Å². The first-order valence-corrected chi connectivity index (χ1v) is 7.20. The molecular weight excluding hydrogens is 206 g/mol. The third kappa shape index (κ3) is 1.15. The van der Waals surface area contributed by atoms with Crippen LogP contribution in [0.1, 0.15) is 50.2 Å². The van der Waals surface area contributed by atoms with Crippen molar-refractivity contribution in [2.45, 2.75) is 56.9 Å². The summed E-state index contributed by atoms with van der Waals surface area (Å²) in [6.45, 7) is 3.80. The molecule has 3 aliphatic rings. The van der Waals surface area contributed by atoms with Crippen LogP contribution in [-0.4, -0.2) is 12.6 Å². The molecule has 90 valence electrons. The van der Waals surface area contributed by atoms with E-state index < -0.39 is 0 Å². The van der Waals surface area contributed by atoms with E-state index in [1.807, 2.05) is 0 Å². The predicted molar refractivity (Wildman–Crippen MR) is 71.7 cm³/mol. The van der Waals surface area contributed by atoms with Crippen LogP contribution < -0.4 is 4.90 Å². The van der Waals surface area contributed by atoms with E-state index in [0.29, 0.717) is 5.41 Å². The predicted octanol–water partition coefficient (Wildman–Crippen LogP) is 3.65. The number of para-hydroxylation sites is 1. The van der Waals surface area contributed by atoms with Gasteiger partial charge < -0.3 is 4.90 Å². The Labute approximate surface area is 104 Å². The summed E-state index contributed by atoms with van der Waals surface area (Å²) in [6.07, 6.45) is 8.26. The Hall–Kier alpha value is -0.980. The lowest BCUT2D eigenvalue weighted by molar-refractivity contribution is 0.436. The molecule has 1 saturated carbocycles. The number of aryl methyl sites for hydroxylation is 1. The fourth-order valence-corrected chi connectivity index (χ4v) is 4.58. The first-order chi connectivity index (χ1) is 8.31. The van der Waals surface area contributed by atoms with Gasteiger partial charge in [-0.2, -0.15) is 0 Å². The van der Waals surface area contributed by atoms with Gasteiger partial charge in [0.25, 0.3) is 0 Å². The van der Waals surface area contributed by atoms with Crippen molar-refractivity contribution in [2.75, 3.05) is 11.4 Å². The summed E-state index contributed by atoms with van der Waals surface area (Å²) >= 11 is 0. The first-order valence-electron chi connectivity index (χ1n) is 7.20. The van der Waals surface area contributed by atoms with Gasteiger partial charge in [-0.3, -0.25) is 0 Å². The van der Waals surface area contributed by atoms with Crippen LogP contribution in [0.5, 0.6) is 0 Å². The summed E-state index contributed by atoms with van der Waals surface area (Å²) in [6, 6.07) is 7.87. The Morgan fingerprint density at radius 3 is 3.12 bits per heavy atom. The molecular formula is C16H21N. The molecule has 2 atom stereocenters. The molecule has 1 aromatic rings. The van der Waals surface area contributed by atoms with Crippen LogP contribution in [-0.2, 0) is 11.8 Å². The van der Waals surface area contributed by atoms with Gasteiger partial charge in [0.2, 0.25) is 0 Å². The highest BCUT2D eigenvalue weighted by Crippen LogP contribution is 2.55. The average molecular weight is 227 g/mol. The van der Waals surface area contributed by atoms with Crippen LogP contribution in [0.25, 0.3) is 0 Å². The number of fused-ring (bicyclic) bond motifs is 3. The van der Waals surface area contributed by atoms with Crippen LogP contribution in [0, 0.1) is 0 Å². The molecule has 0 unspecified atom stereocenters. The summed E-state index contributed by atoms with van der Waals surface area (Å²) in [7, 11) is 0. The molecule has 1 aliphatic carbocycles. The highest BCUT2D eigenvalue weighted by molar-refractivity contribution is 5.69. The fraction of sp³-hybridized carbons (Fsp3) is 0.625. The maximum atomic E-state index is 2.77. The lowest BCUT2D eigenvalue weighted by Gasteiger charge is -2.31. The third-order valence-corrected chi connectivity index (χ3v) is 5.40. The zero-order chi connectivity index (χ0) is 11.5. The van der Waals surface area contributed by atoms with Crippen LogP contribution in [0.4, 0.5) is 5.69 Å². The Morgan fingerprint density at radius 2 is 2.18 bits per heavy atom. The second kappa shape index (κ2) is 3.28. The van der Waals surface area contributed by atoms with Gasteiger partial charge in [0.15, 0.2) is 0 Å². The minimum atomic E-state index is 0.461. The molecule has 1 aromatic carbocycles. The molecule has 1 nitrogen and oxygen atoms in total. The van der Waals surface area contributed by atoms with Gasteiger partial charge in [-0.15, -0.1) is 0 Å². The summed E-state index contributed by atoms with van der Waals surface area (Å²) in [5, 5.41) is 0. The van der Waals surface area contributed by atoms with Gasteiger partial charge in [-0.05, 0) is 43.2 Å². The quantitative estimate of drug-likeness (QED) is 0.654. The van der Waals surface area contributed by atoms with Crippen molar-refractivity contribution in [1.29, 1.82) is 0 Å². The molecule has 0 saturated heterocycles. The molecule has 17 heavy (non-hydrogen) atoms. The lowest BCUT2D eigenvalue weighted by atomic mass is 9.79. The third-order valence-electron chi connectivity index (χ3n) is 5.40. The SMILES string of the molecule is C[C@]12CCC[C@H]1N1CCCCc3cccc2c31. The maximum Gasteiger partial charge on any atom is 0.0440 e. The topological polar surface area (TPSA) is 3.24 Å². The summed E-state index contributed by atoms with van der Waals surface area (Å²) in [5.41, 5.74) is 5.38. The van der Waals surface area contributed by atoms with Gasteiger partial charge >= 0.3 is 0 Å². The second-order valence-electron chi connectivity index (χ2n) is 6.29.